The van der Waals surface area contributed by atoms with Crippen molar-refractivity contribution in [2.75, 3.05) is 34.0 Å². The molecule has 13 heteroatoms. The number of pyridine rings is 2. The number of fused-ring (bicyclic) bond motifs is 1. The number of aryl methyl sites for hydroxylation is 1. The van der Waals surface area contributed by atoms with Crippen molar-refractivity contribution in [1.29, 1.82) is 0 Å². The van der Waals surface area contributed by atoms with Gasteiger partial charge in [-0.15, -0.1) is 0 Å². The fourth-order valence-corrected chi connectivity index (χ4v) is 5.42. The Labute approximate surface area is 274 Å². The topological polar surface area (TPSA) is 116 Å². The van der Waals surface area contributed by atoms with Crippen LogP contribution in [0.25, 0.3) is 22.3 Å². The first-order chi connectivity index (χ1) is 23.2. The Hall–Kier alpha value is -5.14. The Morgan fingerprint density at radius 3 is 2.58 bits per heavy atom. The number of halogens is 2. The van der Waals surface area contributed by atoms with Crippen LogP contribution in [0.2, 0.25) is 0 Å². The summed E-state index contributed by atoms with van der Waals surface area (Å²) < 4.78 is 62.2. The Bertz CT molecular complexity index is 2020. The first kappa shape index (κ1) is 32.8. The van der Waals surface area contributed by atoms with Crippen LogP contribution in [0.4, 0.5) is 8.78 Å². The SMILES string of the molecule is COCCOc1cc(C(=O)OC)cc2c1nc(Cc1cc(F)c(-c3cccc(OCc4ccc(=O)n(C)c4)n3)cc1F)n2C[C@@H]1CCO1. The fraction of sp³-hybridized carbons (Fsp3) is 0.314. The highest BCUT2D eigenvalue weighted by Gasteiger charge is 2.25. The molecule has 1 saturated heterocycles. The third-order valence-electron chi connectivity index (χ3n) is 8.06. The molecular weight excluding hydrogens is 626 g/mol. The van der Waals surface area contributed by atoms with E-state index in [1.165, 1.54) is 17.7 Å². The number of hydrogen-bond donors (Lipinski definition) is 0. The van der Waals surface area contributed by atoms with Gasteiger partial charge in [-0.3, -0.25) is 4.79 Å². The number of ether oxygens (including phenoxy) is 5. The van der Waals surface area contributed by atoms with E-state index >= 15 is 8.78 Å². The standard InChI is InChI=1S/C35H34F2N4O7/c1-40-18-21(7-8-33(40)42)20-48-32-6-4-5-28(38-32)25-17-26(36)22(13-27(25)37)16-31-39-34-29(41(31)19-24-9-10-46-24)14-23(35(43)45-3)15-30(34)47-12-11-44-2/h4-8,13-15,17-18,24H,9-12,16,19-20H2,1-3H3/t24-/m0/s1. The maximum atomic E-state index is 15.8. The summed E-state index contributed by atoms with van der Waals surface area (Å²) in [5, 5.41) is 0. The number of benzene rings is 2. The van der Waals surface area contributed by atoms with Crippen molar-refractivity contribution in [2.24, 2.45) is 7.05 Å². The molecule has 3 aromatic heterocycles. The zero-order chi connectivity index (χ0) is 33.8. The molecule has 0 amide bonds. The average molecular weight is 661 g/mol. The molecule has 0 N–H and O–H groups in total. The van der Waals surface area contributed by atoms with Gasteiger partial charge in [0.2, 0.25) is 11.4 Å². The third-order valence-corrected chi connectivity index (χ3v) is 8.06. The van der Waals surface area contributed by atoms with E-state index in [2.05, 4.69) is 4.98 Å². The minimum absolute atomic E-state index is 0.0308. The summed E-state index contributed by atoms with van der Waals surface area (Å²) in [5.74, 6) is -0.873. The molecule has 5 aromatic rings. The number of carbonyl (C=O) groups excluding carboxylic acids is 1. The number of rotatable bonds is 13. The molecule has 0 radical (unpaired) electrons. The van der Waals surface area contributed by atoms with Crippen molar-refractivity contribution in [3.8, 4) is 22.9 Å². The van der Waals surface area contributed by atoms with Crippen molar-refractivity contribution < 1.29 is 37.3 Å². The van der Waals surface area contributed by atoms with Crippen LogP contribution in [0.5, 0.6) is 11.6 Å². The van der Waals surface area contributed by atoms with Gasteiger partial charge >= 0.3 is 5.97 Å². The first-order valence-corrected chi connectivity index (χ1v) is 15.3. The van der Waals surface area contributed by atoms with E-state index < -0.39 is 17.6 Å². The van der Waals surface area contributed by atoms with Crippen LogP contribution in [-0.4, -0.2) is 65.2 Å². The summed E-state index contributed by atoms with van der Waals surface area (Å²) in [5.41, 5.74) is 2.14. The van der Waals surface area contributed by atoms with Crippen LogP contribution < -0.4 is 15.0 Å². The van der Waals surface area contributed by atoms with Crippen molar-refractivity contribution in [3.05, 3.63) is 105 Å². The van der Waals surface area contributed by atoms with Gasteiger partial charge in [-0.25, -0.2) is 23.5 Å². The van der Waals surface area contributed by atoms with Gasteiger partial charge in [0.15, 0.2) is 0 Å². The molecule has 1 aliphatic rings. The van der Waals surface area contributed by atoms with E-state index in [-0.39, 0.29) is 59.6 Å². The number of hydrogen-bond acceptors (Lipinski definition) is 9. The number of aromatic nitrogens is 4. The Balaban J connectivity index is 1.31. The molecule has 0 saturated carbocycles. The second-order valence-electron chi connectivity index (χ2n) is 11.3. The van der Waals surface area contributed by atoms with E-state index in [4.69, 9.17) is 28.7 Å². The number of carbonyl (C=O) groups is 1. The smallest absolute Gasteiger partial charge is 0.338 e. The lowest BCUT2D eigenvalue weighted by Gasteiger charge is -2.27. The van der Waals surface area contributed by atoms with Crippen LogP contribution in [-0.2, 0) is 40.8 Å². The molecule has 0 bridgehead atoms. The van der Waals surface area contributed by atoms with Crippen molar-refractivity contribution in [3.63, 3.8) is 0 Å². The normalized spacial score (nSPS) is 14.1. The summed E-state index contributed by atoms with van der Waals surface area (Å²) in [7, 11) is 4.48. The van der Waals surface area contributed by atoms with Gasteiger partial charge in [-0.2, -0.15) is 0 Å². The highest BCUT2D eigenvalue weighted by molar-refractivity contribution is 5.96. The van der Waals surface area contributed by atoms with Crippen LogP contribution in [0.3, 0.4) is 0 Å². The number of methoxy groups -OCH3 is 2. The van der Waals surface area contributed by atoms with Gasteiger partial charge in [0.25, 0.3) is 0 Å². The number of imidazole rings is 1. The van der Waals surface area contributed by atoms with E-state index in [0.717, 1.165) is 24.1 Å². The molecule has 0 aliphatic carbocycles. The van der Waals surface area contributed by atoms with Crippen molar-refractivity contribution in [2.45, 2.75) is 32.1 Å². The lowest BCUT2D eigenvalue weighted by molar-refractivity contribution is -0.0589. The summed E-state index contributed by atoms with van der Waals surface area (Å²) in [4.78, 5) is 33.4. The van der Waals surface area contributed by atoms with E-state index in [1.807, 2.05) is 4.57 Å². The predicted molar refractivity (Wildman–Crippen MR) is 171 cm³/mol. The van der Waals surface area contributed by atoms with Crippen LogP contribution in [0.1, 0.15) is 33.7 Å². The molecule has 11 nitrogen and oxygen atoms in total. The monoisotopic (exact) mass is 660 g/mol. The molecule has 4 heterocycles. The second-order valence-corrected chi connectivity index (χ2v) is 11.3. The fourth-order valence-electron chi connectivity index (χ4n) is 5.42. The van der Waals surface area contributed by atoms with Gasteiger partial charge in [-0.05, 0) is 48.4 Å². The lowest BCUT2D eigenvalue weighted by atomic mass is 10.0. The van der Waals surface area contributed by atoms with E-state index in [9.17, 15) is 9.59 Å². The lowest BCUT2D eigenvalue weighted by Crippen LogP contribution is -2.31. The van der Waals surface area contributed by atoms with Gasteiger partial charge in [0.05, 0.1) is 43.1 Å². The molecule has 2 aromatic carbocycles. The molecule has 1 fully saturated rings. The zero-order valence-corrected chi connectivity index (χ0v) is 26.7. The Morgan fingerprint density at radius 1 is 1.02 bits per heavy atom. The third kappa shape index (κ3) is 7.06. The van der Waals surface area contributed by atoms with E-state index in [0.29, 0.717) is 42.4 Å². The maximum absolute atomic E-state index is 15.8. The summed E-state index contributed by atoms with van der Waals surface area (Å²) >= 11 is 0. The predicted octanol–water partition coefficient (Wildman–Crippen LogP) is 4.85. The maximum Gasteiger partial charge on any atom is 0.338 e. The highest BCUT2D eigenvalue weighted by Crippen LogP contribution is 2.32. The van der Waals surface area contributed by atoms with Gasteiger partial charge in [-0.1, -0.05) is 6.07 Å². The summed E-state index contributed by atoms with van der Waals surface area (Å²) in [6, 6.07) is 13.4. The molecular formula is C35H34F2N4O7. The van der Waals surface area contributed by atoms with Crippen LogP contribution >= 0.6 is 0 Å². The average Bonchev–Trinajstić information content (AvgIpc) is 3.41. The first-order valence-electron chi connectivity index (χ1n) is 15.3. The summed E-state index contributed by atoms with van der Waals surface area (Å²) in [6.45, 7) is 1.67. The molecule has 0 spiro atoms. The number of esters is 1. The molecule has 250 valence electrons. The molecule has 48 heavy (non-hydrogen) atoms. The molecule has 1 atom stereocenters. The van der Waals surface area contributed by atoms with E-state index in [1.54, 1.807) is 56.8 Å². The van der Waals surface area contributed by atoms with Crippen LogP contribution in [0.15, 0.2) is 65.6 Å². The largest absolute Gasteiger partial charge is 0.489 e. The van der Waals surface area contributed by atoms with Crippen molar-refractivity contribution >= 4 is 17.0 Å². The zero-order valence-electron chi connectivity index (χ0n) is 26.7. The highest BCUT2D eigenvalue weighted by atomic mass is 19.1. The van der Waals surface area contributed by atoms with Crippen LogP contribution in [0, 0.1) is 11.6 Å². The second kappa shape index (κ2) is 14.3. The molecule has 1 aliphatic heterocycles. The molecule has 6 rings (SSSR count). The van der Waals surface area contributed by atoms with Crippen molar-refractivity contribution in [1.82, 2.24) is 19.1 Å². The Kier molecular flexibility index (Phi) is 9.78. The van der Waals surface area contributed by atoms with Gasteiger partial charge in [0, 0.05) is 56.6 Å². The van der Waals surface area contributed by atoms with Gasteiger partial charge < -0.3 is 32.8 Å². The Morgan fingerprint density at radius 2 is 1.85 bits per heavy atom. The minimum Gasteiger partial charge on any atom is -0.489 e. The van der Waals surface area contributed by atoms with Gasteiger partial charge in [0.1, 0.15) is 41.9 Å². The minimum atomic E-state index is -0.671. The quantitative estimate of drug-likeness (QED) is 0.129. The molecule has 0 unspecified atom stereocenters. The summed E-state index contributed by atoms with van der Waals surface area (Å²) in [6.07, 6.45) is 2.33. The number of nitrogens with zero attached hydrogens (tertiary/aromatic N) is 4.